The fraction of sp³-hybridized carbons (Fsp3) is 0.550. The summed E-state index contributed by atoms with van der Waals surface area (Å²) in [5, 5.41) is 4.83. The highest BCUT2D eigenvalue weighted by molar-refractivity contribution is 5.64. The molecule has 0 amide bonds. The highest BCUT2D eigenvalue weighted by Gasteiger charge is 2.23. The fourth-order valence-corrected chi connectivity index (χ4v) is 4.09. The van der Waals surface area contributed by atoms with Crippen LogP contribution in [0.5, 0.6) is 0 Å². The molecule has 0 radical (unpaired) electrons. The van der Waals surface area contributed by atoms with Crippen molar-refractivity contribution in [2.45, 2.75) is 25.7 Å². The monoisotopic (exact) mass is 325 g/mol. The topological polar surface area (TPSA) is 30.3 Å². The summed E-state index contributed by atoms with van der Waals surface area (Å²) in [6.45, 7) is 5.40. The van der Waals surface area contributed by atoms with Crippen molar-refractivity contribution in [1.82, 2.24) is 14.7 Å². The maximum Gasteiger partial charge on any atom is 0.0714 e. The zero-order chi connectivity index (χ0) is 16.4. The van der Waals surface area contributed by atoms with E-state index < -0.39 is 0 Å². The number of fused-ring (bicyclic) bond motifs is 1. The quantitative estimate of drug-likeness (QED) is 0.866. The van der Waals surface area contributed by atoms with Crippen molar-refractivity contribution in [2.24, 2.45) is 13.0 Å². The maximum atomic E-state index is 5.51. The van der Waals surface area contributed by atoms with Crippen LogP contribution in [0, 0.1) is 5.92 Å². The van der Waals surface area contributed by atoms with Gasteiger partial charge < -0.3 is 9.64 Å². The molecule has 1 unspecified atom stereocenters. The molecule has 24 heavy (non-hydrogen) atoms. The van der Waals surface area contributed by atoms with Gasteiger partial charge in [0.05, 0.1) is 11.4 Å². The second-order valence-electron chi connectivity index (χ2n) is 7.12. The van der Waals surface area contributed by atoms with E-state index >= 15 is 0 Å². The summed E-state index contributed by atoms with van der Waals surface area (Å²) >= 11 is 0. The minimum atomic E-state index is 0.773. The Morgan fingerprint density at radius 2 is 2.00 bits per heavy atom. The lowest BCUT2D eigenvalue weighted by molar-refractivity contribution is 0.178. The van der Waals surface area contributed by atoms with Crippen molar-refractivity contribution in [3.8, 4) is 11.3 Å². The van der Waals surface area contributed by atoms with E-state index in [1.807, 2.05) is 0 Å². The molecule has 1 atom stereocenters. The number of nitrogens with zero attached hydrogens (tertiary/aromatic N) is 3. The molecule has 3 heterocycles. The van der Waals surface area contributed by atoms with Crippen molar-refractivity contribution in [2.75, 3.05) is 32.8 Å². The summed E-state index contributed by atoms with van der Waals surface area (Å²) in [6, 6.07) is 10.7. The third kappa shape index (κ3) is 3.26. The molecule has 0 N–H and O–H groups in total. The molecular formula is C20H27N3O. The lowest BCUT2D eigenvalue weighted by Crippen LogP contribution is -2.29. The average molecular weight is 325 g/mol. The Morgan fingerprint density at radius 1 is 1.17 bits per heavy atom. The molecule has 128 valence electrons. The van der Waals surface area contributed by atoms with E-state index in [4.69, 9.17) is 9.84 Å². The Morgan fingerprint density at radius 3 is 2.79 bits per heavy atom. The lowest BCUT2D eigenvalue weighted by Gasteiger charge is -2.21. The molecule has 1 aromatic heterocycles. The van der Waals surface area contributed by atoms with Gasteiger partial charge in [-0.1, -0.05) is 30.3 Å². The number of hydrogen-bond donors (Lipinski definition) is 0. The molecule has 4 nitrogen and oxygen atoms in total. The molecule has 0 saturated carbocycles. The van der Waals surface area contributed by atoms with Gasteiger partial charge in [-0.2, -0.15) is 5.10 Å². The minimum absolute atomic E-state index is 0.773. The molecule has 1 fully saturated rings. The second kappa shape index (κ2) is 7.08. The first-order chi connectivity index (χ1) is 11.8. The molecular weight excluding hydrogens is 298 g/mol. The molecule has 2 aliphatic rings. The van der Waals surface area contributed by atoms with E-state index in [2.05, 4.69) is 47.0 Å². The van der Waals surface area contributed by atoms with Crippen molar-refractivity contribution < 1.29 is 4.74 Å². The van der Waals surface area contributed by atoms with Gasteiger partial charge in [-0.05, 0) is 31.7 Å². The van der Waals surface area contributed by atoms with E-state index in [0.29, 0.717) is 0 Å². The Kier molecular flexibility index (Phi) is 4.67. The smallest absolute Gasteiger partial charge is 0.0714 e. The van der Waals surface area contributed by atoms with Crippen LogP contribution in [0.1, 0.15) is 24.1 Å². The normalized spacial score (nSPS) is 21.6. The van der Waals surface area contributed by atoms with E-state index in [1.54, 1.807) is 0 Å². The van der Waals surface area contributed by atoms with Crippen molar-refractivity contribution in [1.29, 1.82) is 0 Å². The fourth-order valence-electron chi connectivity index (χ4n) is 4.09. The Labute approximate surface area is 144 Å². The van der Waals surface area contributed by atoms with Gasteiger partial charge in [0.15, 0.2) is 0 Å². The van der Waals surface area contributed by atoms with Gasteiger partial charge in [-0.25, -0.2) is 0 Å². The van der Waals surface area contributed by atoms with Crippen molar-refractivity contribution >= 4 is 0 Å². The largest absolute Gasteiger partial charge is 0.381 e. The predicted octanol–water partition coefficient (Wildman–Crippen LogP) is 2.91. The maximum absolute atomic E-state index is 5.51. The molecule has 2 aromatic rings. The number of aryl methyl sites for hydroxylation is 1. The van der Waals surface area contributed by atoms with E-state index in [-0.39, 0.29) is 0 Å². The number of rotatable bonds is 4. The van der Waals surface area contributed by atoms with Gasteiger partial charge in [0, 0.05) is 50.9 Å². The molecule has 4 heteroatoms. The first-order valence-corrected chi connectivity index (χ1v) is 9.21. The molecule has 2 aliphatic heterocycles. The summed E-state index contributed by atoms with van der Waals surface area (Å²) in [5.41, 5.74) is 5.33. The second-order valence-corrected chi connectivity index (χ2v) is 7.12. The Balaban J connectivity index is 1.46. The van der Waals surface area contributed by atoms with Crippen LogP contribution in [0.2, 0.25) is 0 Å². The Bertz CT molecular complexity index is 674. The SMILES string of the molecule is Cn1nc2c(c1-c1ccccc1)CCN(CCC1CCOC1)CC2. The molecule has 0 spiro atoms. The predicted molar refractivity (Wildman–Crippen MR) is 96.0 cm³/mol. The number of hydrogen-bond acceptors (Lipinski definition) is 3. The third-order valence-electron chi connectivity index (χ3n) is 5.50. The van der Waals surface area contributed by atoms with Crippen LogP contribution in [0.25, 0.3) is 11.3 Å². The van der Waals surface area contributed by atoms with Crippen LogP contribution in [-0.4, -0.2) is 47.5 Å². The average Bonchev–Trinajstić information content (AvgIpc) is 3.18. The highest BCUT2D eigenvalue weighted by atomic mass is 16.5. The van der Waals surface area contributed by atoms with Crippen LogP contribution in [0.3, 0.4) is 0 Å². The van der Waals surface area contributed by atoms with Crippen LogP contribution in [0.4, 0.5) is 0 Å². The molecule has 1 aromatic carbocycles. The summed E-state index contributed by atoms with van der Waals surface area (Å²) in [7, 11) is 2.08. The molecule has 4 rings (SSSR count). The van der Waals surface area contributed by atoms with Gasteiger partial charge in [-0.3, -0.25) is 4.68 Å². The van der Waals surface area contributed by atoms with Crippen molar-refractivity contribution in [3.05, 3.63) is 41.6 Å². The number of aromatic nitrogens is 2. The first kappa shape index (κ1) is 15.9. The molecule has 1 saturated heterocycles. The molecule has 0 aliphatic carbocycles. The van der Waals surface area contributed by atoms with Gasteiger partial charge in [0.1, 0.15) is 0 Å². The minimum Gasteiger partial charge on any atom is -0.381 e. The van der Waals surface area contributed by atoms with Crippen LogP contribution in [-0.2, 0) is 24.6 Å². The lowest BCUT2D eigenvalue weighted by atomic mass is 10.0. The Hall–Kier alpha value is -1.65. The standard InChI is InChI=1S/C20H27N3O/c1-22-20(17-5-3-2-4-6-17)18-8-12-23(13-9-19(18)21-22)11-7-16-10-14-24-15-16/h2-6,16H,7-15H2,1H3. The molecule has 0 bridgehead atoms. The summed E-state index contributed by atoms with van der Waals surface area (Å²) < 4.78 is 7.58. The van der Waals surface area contributed by atoms with Crippen molar-refractivity contribution in [3.63, 3.8) is 0 Å². The third-order valence-corrected chi connectivity index (χ3v) is 5.50. The highest BCUT2D eigenvalue weighted by Crippen LogP contribution is 2.28. The zero-order valence-corrected chi connectivity index (χ0v) is 14.6. The van der Waals surface area contributed by atoms with Crippen LogP contribution < -0.4 is 0 Å². The number of ether oxygens (including phenoxy) is 1. The van der Waals surface area contributed by atoms with Gasteiger partial charge in [0.2, 0.25) is 0 Å². The summed E-state index contributed by atoms with van der Waals surface area (Å²) in [5.74, 6) is 0.773. The van der Waals surface area contributed by atoms with Gasteiger partial charge >= 0.3 is 0 Å². The van der Waals surface area contributed by atoms with E-state index in [9.17, 15) is 0 Å². The van der Waals surface area contributed by atoms with Gasteiger partial charge in [0.25, 0.3) is 0 Å². The first-order valence-electron chi connectivity index (χ1n) is 9.21. The van der Waals surface area contributed by atoms with E-state index in [0.717, 1.165) is 45.1 Å². The summed E-state index contributed by atoms with van der Waals surface area (Å²) in [4.78, 5) is 2.62. The van der Waals surface area contributed by atoms with Crippen LogP contribution in [0.15, 0.2) is 30.3 Å². The van der Waals surface area contributed by atoms with Gasteiger partial charge in [-0.15, -0.1) is 0 Å². The number of benzene rings is 1. The van der Waals surface area contributed by atoms with Crippen LogP contribution >= 0.6 is 0 Å². The summed E-state index contributed by atoms with van der Waals surface area (Å²) in [6.07, 6.45) is 4.69. The van der Waals surface area contributed by atoms with E-state index in [1.165, 1.54) is 41.9 Å². The zero-order valence-electron chi connectivity index (χ0n) is 14.6.